The van der Waals surface area contributed by atoms with Crippen LogP contribution in [0.25, 0.3) is 0 Å². The zero-order valence-electron chi connectivity index (χ0n) is 7.03. The number of nitrogens with two attached hydrogens (primary N) is 1. The summed E-state index contributed by atoms with van der Waals surface area (Å²) in [5.41, 5.74) is 6.72. The van der Waals surface area contributed by atoms with E-state index < -0.39 is 0 Å². The zero-order chi connectivity index (χ0) is 8.97. The molecule has 1 aromatic rings. The number of benzene rings is 1. The third kappa shape index (κ3) is 2.22. The summed E-state index contributed by atoms with van der Waals surface area (Å²) >= 11 is 0. The third-order valence-electron chi connectivity index (χ3n) is 1.67. The molecule has 0 saturated carbocycles. The number of ether oxygens (including phenoxy) is 1. The maximum absolute atomic E-state index is 9.00. The lowest BCUT2D eigenvalue weighted by Gasteiger charge is -2.09. The van der Waals surface area contributed by atoms with Crippen LogP contribution in [0.3, 0.4) is 0 Å². The van der Waals surface area contributed by atoms with Crippen molar-refractivity contribution in [2.24, 2.45) is 5.73 Å². The molecule has 1 rings (SSSR count). The molecule has 0 saturated heterocycles. The average Bonchev–Trinajstić information content (AvgIpc) is 2.06. The fourth-order valence-electron chi connectivity index (χ4n) is 0.997. The first-order valence-electron chi connectivity index (χ1n) is 3.77. The predicted octanol–water partition coefficient (Wildman–Crippen LogP) is 1.04. The summed E-state index contributed by atoms with van der Waals surface area (Å²) in [7, 11) is 1.61. The van der Waals surface area contributed by atoms with Crippen LogP contribution < -0.4 is 5.73 Å². The highest BCUT2D eigenvalue weighted by Crippen LogP contribution is 2.14. The quantitative estimate of drug-likeness (QED) is 0.707. The first-order valence-corrected chi connectivity index (χ1v) is 3.77. The molecule has 0 radical (unpaired) electrons. The monoisotopic (exact) mass is 167 g/mol. The van der Waals surface area contributed by atoms with Gasteiger partial charge in [0.25, 0.3) is 0 Å². The maximum Gasteiger partial charge on any atom is 0.115 e. The fraction of sp³-hybridized carbons (Fsp3) is 0.333. The van der Waals surface area contributed by atoms with Gasteiger partial charge in [-0.3, -0.25) is 0 Å². The Morgan fingerprint density at radius 2 is 2.00 bits per heavy atom. The van der Waals surface area contributed by atoms with E-state index in [1.165, 1.54) is 0 Å². The van der Waals surface area contributed by atoms with Gasteiger partial charge in [-0.15, -0.1) is 0 Å². The number of hydrogen-bond donors (Lipinski definition) is 2. The normalized spacial score (nSPS) is 12.8. The van der Waals surface area contributed by atoms with E-state index in [2.05, 4.69) is 0 Å². The molecule has 0 aliphatic heterocycles. The second-order valence-electron chi connectivity index (χ2n) is 2.65. The molecule has 0 amide bonds. The summed E-state index contributed by atoms with van der Waals surface area (Å²) < 4.78 is 4.90. The van der Waals surface area contributed by atoms with Crippen LogP contribution in [0.4, 0.5) is 0 Å². The highest BCUT2D eigenvalue weighted by molar-refractivity contribution is 5.27. The van der Waals surface area contributed by atoms with Gasteiger partial charge in [-0.1, -0.05) is 12.1 Å². The smallest absolute Gasteiger partial charge is 0.115 e. The molecule has 0 aromatic heterocycles. The molecule has 1 unspecified atom stereocenters. The molecular formula is C9H13NO2. The van der Waals surface area contributed by atoms with Crippen LogP contribution in [0, 0.1) is 0 Å². The van der Waals surface area contributed by atoms with Gasteiger partial charge in [-0.05, 0) is 17.7 Å². The number of aromatic hydroxyl groups is 1. The van der Waals surface area contributed by atoms with Crippen LogP contribution in [-0.2, 0) is 4.74 Å². The fourth-order valence-corrected chi connectivity index (χ4v) is 0.997. The average molecular weight is 167 g/mol. The van der Waals surface area contributed by atoms with Crippen molar-refractivity contribution < 1.29 is 9.84 Å². The molecule has 1 atom stereocenters. The van der Waals surface area contributed by atoms with Crippen LogP contribution in [0.5, 0.6) is 5.75 Å². The Labute approximate surface area is 71.8 Å². The molecule has 3 nitrogen and oxygen atoms in total. The van der Waals surface area contributed by atoms with Crippen molar-refractivity contribution in [1.29, 1.82) is 0 Å². The Hall–Kier alpha value is -1.06. The van der Waals surface area contributed by atoms with Crippen molar-refractivity contribution >= 4 is 0 Å². The Morgan fingerprint density at radius 1 is 1.42 bits per heavy atom. The molecule has 0 fully saturated rings. The molecule has 0 spiro atoms. The lowest BCUT2D eigenvalue weighted by molar-refractivity contribution is 0.181. The van der Waals surface area contributed by atoms with Gasteiger partial charge >= 0.3 is 0 Å². The summed E-state index contributed by atoms with van der Waals surface area (Å²) in [6.45, 7) is 0.491. The molecule has 12 heavy (non-hydrogen) atoms. The van der Waals surface area contributed by atoms with Crippen molar-refractivity contribution in [3.05, 3.63) is 29.8 Å². The summed E-state index contributed by atoms with van der Waals surface area (Å²) in [4.78, 5) is 0. The number of rotatable bonds is 3. The van der Waals surface area contributed by atoms with Crippen molar-refractivity contribution in [2.75, 3.05) is 13.7 Å². The van der Waals surface area contributed by atoms with Gasteiger partial charge in [-0.25, -0.2) is 0 Å². The number of phenolic OH excluding ortho intramolecular Hbond substituents is 1. The summed E-state index contributed by atoms with van der Waals surface area (Å²) in [5, 5.41) is 9.00. The van der Waals surface area contributed by atoms with Gasteiger partial charge in [0.05, 0.1) is 12.6 Å². The third-order valence-corrected chi connectivity index (χ3v) is 1.67. The van der Waals surface area contributed by atoms with E-state index >= 15 is 0 Å². The summed E-state index contributed by atoms with van der Waals surface area (Å²) in [5.74, 6) is 0.253. The minimum atomic E-state index is -0.115. The largest absolute Gasteiger partial charge is 0.508 e. The van der Waals surface area contributed by atoms with E-state index in [1.807, 2.05) is 0 Å². The lowest BCUT2D eigenvalue weighted by Crippen LogP contribution is -2.15. The number of methoxy groups -OCH3 is 1. The maximum atomic E-state index is 9.00. The number of hydrogen-bond acceptors (Lipinski definition) is 3. The first kappa shape index (κ1) is 9.03. The van der Waals surface area contributed by atoms with Crippen LogP contribution in [0.15, 0.2) is 24.3 Å². The zero-order valence-corrected chi connectivity index (χ0v) is 7.03. The van der Waals surface area contributed by atoms with E-state index in [-0.39, 0.29) is 11.8 Å². The molecule has 0 aliphatic rings. The molecule has 1 aromatic carbocycles. The molecule has 66 valence electrons. The summed E-state index contributed by atoms with van der Waals surface area (Å²) in [6, 6.07) is 6.70. The SMILES string of the molecule is COCC(N)c1ccc(O)cc1. The minimum Gasteiger partial charge on any atom is -0.508 e. The Morgan fingerprint density at radius 3 is 2.50 bits per heavy atom. The molecule has 0 aliphatic carbocycles. The van der Waals surface area contributed by atoms with Gasteiger partial charge in [-0.2, -0.15) is 0 Å². The van der Waals surface area contributed by atoms with Crippen LogP contribution in [0.2, 0.25) is 0 Å². The van der Waals surface area contributed by atoms with Crippen molar-refractivity contribution in [1.82, 2.24) is 0 Å². The van der Waals surface area contributed by atoms with Gasteiger partial charge in [0.15, 0.2) is 0 Å². The van der Waals surface area contributed by atoms with Gasteiger partial charge in [0.2, 0.25) is 0 Å². The molecule has 0 heterocycles. The minimum absolute atomic E-state index is 0.115. The van der Waals surface area contributed by atoms with Gasteiger partial charge < -0.3 is 15.6 Å². The van der Waals surface area contributed by atoms with Gasteiger partial charge in [0, 0.05) is 7.11 Å². The van der Waals surface area contributed by atoms with Crippen LogP contribution in [0.1, 0.15) is 11.6 Å². The lowest BCUT2D eigenvalue weighted by atomic mass is 10.1. The van der Waals surface area contributed by atoms with E-state index in [1.54, 1.807) is 31.4 Å². The van der Waals surface area contributed by atoms with E-state index in [0.29, 0.717) is 6.61 Å². The molecule has 0 bridgehead atoms. The van der Waals surface area contributed by atoms with Crippen LogP contribution >= 0.6 is 0 Å². The second kappa shape index (κ2) is 4.09. The van der Waals surface area contributed by atoms with Crippen molar-refractivity contribution in [3.63, 3.8) is 0 Å². The van der Waals surface area contributed by atoms with E-state index in [4.69, 9.17) is 15.6 Å². The van der Waals surface area contributed by atoms with E-state index in [9.17, 15) is 0 Å². The predicted molar refractivity (Wildman–Crippen MR) is 46.9 cm³/mol. The Bertz CT molecular complexity index is 233. The topological polar surface area (TPSA) is 55.5 Å². The summed E-state index contributed by atoms with van der Waals surface area (Å²) in [6.07, 6.45) is 0. The first-order chi connectivity index (χ1) is 5.74. The standard InChI is InChI=1S/C9H13NO2/c1-12-6-9(10)7-2-4-8(11)5-3-7/h2-5,9,11H,6,10H2,1H3. The molecule has 3 heteroatoms. The Balaban J connectivity index is 2.68. The highest BCUT2D eigenvalue weighted by atomic mass is 16.5. The Kier molecular flexibility index (Phi) is 3.08. The highest BCUT2D eigenvalue weighted by Gasteiger charge is 2.03. The van der Waals surface area contributed by atoms with Gasteiger partial charge in [0.1, 0.15) is 5.75 Å². The molecular weight excluding hydrogens is 154 g/mol. The van der Waals surface area contributed by atoms with Crippen LogP contribution in [-0.4, -0.2) is 18.8 Å². The van der Waals surface area contributed by atoms with Crippen molar-refractivity contribution in [2.45, 2.75) is 6.04 Å². The van der Waals surface area contributed by atoms with Crippen molar-refractivity contribution in [3.8, 4) is 5.75 Å². The number of phenols is 1. The second-order valence-corrected chi connectivity index (χ2v) is 2.65. The molecule has 3 N–H and O–H groups in total. The van der Waals surface area contributed by atoms with E-state index in [0.717, 1.165) is 5.56 Å².